The number of aliphatic hydroxyl groups excluding tert-OH is 2. The van der Waals surface area contributed by atoms with Crippen LogP contribution in [0, 0.1) is 5.41 Å². The summed E-state index contributed by atoms with van der Waals surface area (Å²) in [5.74, 6) is 0.807. The summed E-state index contributed by atoms with van der Waals surface area (Å²) in [6.07, 6.45) is -0.332. The Morgan fingerprint density at radius 1 is 0.838 bits per heavy atom. The predicted molar refractivity (Wildman–Crippen MR) is 147 cm³/mol. The predicted octanol–water partition coefficient (Wildman–Crippen LogP) is 5.39. The molecule has 2 rings (SSSR count). The summed E-state index contributed by atoms with van der Waals surface area (Å²) in [4.78, 5) is 23.3. The highest BCUT2D eigenvalue weighted by molar-refractivity contribution is 5.93. The summed E-state index contributed by atoms with van der Waals surface area (Å²) in [5, 5.41) is 19.0. The average molecular weight is 517 g/mol. The van der Waals surface area contributed by atoms with Crippen LogP contribution in [0.3, 0.4) is 0 Å². The van der Waals surface area contributed by atoms with Crippen LogP contribution in [0.15, 0.2) is 72.8 Å². The summed E-state index contributed by atoms with van der Waals surface area (Å²) in [6.45, 7) is 14.6. The van der Waals surface area contributed by atoms with Crippen molar-refractivity contribution in [3.8, 4) is 11.5 Å². The van der Waals surface area contributed by atoms with E-state index in [0.717, 1.165) is 12.2 Å². The Balaban J connectivity index is 0.000000775. The monoisotopic (exact) mass is 516 g/mol. The maximum atomic E-state index is 12.1. The van der Waals surface area contributed by atoms with Crippen molar-refractivity contribution in [1.29, 1.82) is 0 Å². The number of hydrogen-bond acceptors (Lipinski definition) is 7. The molecule has 7 nitrogen and oxygen atoms in total. The number of allylic oxidation sites excluding steroid dienone is 1. The van der Waals surface area contributed by atoms with Crippen molar-refractivity contribution in [2.24, 2.45) is 5.41 Å². The molecule has 37 heavy (non-hydrogen) atoms. The van der Waals surface area contributed by atoms with Gasteiger partial charge in [-0.1, -0.05) is 63.7 Å². The van der Waals surface area contributed by atoms with Gasteiger partial charge in [-0.3, -0.25) is 9.59 Å². The zero-order chi connectivity index (χ0) is 28.3. The second kappa shape index (κ2) is 19.0. The SMILES string of the molecule is C=C(CC(C)(C)C(=O)OCC(O)COc1ccccc1)C(C)=O.CC.CCC(O)COc1ccccc1. The second-order valence-corrected chi connectivity index (χ2v) is 8.78. The number of hydrogen-bond donors (Lipinski definition) is 2. The fourth-order valence-electron chi connectivity index (χ4n) is 2.68. The molecule has 2 aromatic carbocycles. The van der Waals surface area contributed by atoms with Crippen LogP contribution in [-0.4, -0.2) is 54.0 Å². The lowest BCUT2D eigenvalue weighted by Crippen LogP contribution is -2.32. The molecule has 0 amide bonds. The minimum absolute atomic E-state index is 0.0257. The molecule has 0 aromatic heterocycles. The lowest BCUT2D eigenvalue weighted by atomic mass is 9.85. The van der Waals surface area contributed by atoms with Gasteiger partial charge in [-0.15, -0.1) is 0 Å². The van der Waals surface area contributed by atoms with Crippen LogP contribution in [0.4, 0.5) is 0 Å². The molecule has 0 aliphatic rings. The van der Waals surface area contributed by atoms with Crippen molar-refractivity contribution in [3.63, 3.8) is 0 Å². The van der Waals surface area contributed by atoms with E-state index in [-0.39, 0.29) is 31.5 Å². The molecule has 2 unspecified atom stereocenters. The lowest BCUT2D eigenvalue weighted by Gasteiger charge is -2.23. The van der Waals surface area contributed by atoms with E-state index in [4.69, 9.17) is 14.2 Å². The molecule has 0 aliphatic heterocycles. The first kappa shape index (κ1) is 33.8. The zero-order valence-electron chi connectivity index (χ0n) is 23.1. The van der Waals surface area contributed by atoms with Crippen LogP contribution in [-0.2, 0) is 14.3 Å². The molecule has 0 saturated heterocycles. The average Bonchev–Trinajstić information content (AvgIpc) is 2.91. The molecule has 0 fully saturated rings. The maximum Gasteiger partial charge on any atom is 0.311 e. The van der Waals surface area contributed by atoms with Crippen molar-refractivity contribution in [2.75, 3.05) is 19.8 Å². The molecule has 2 atom stereocenters. The van der Waals surface area contributed by atoms with Gasteiger partial charge in [0.05, 0.1) is 11.5 Å². The summed E-state index contributed by atoms with van der Waals surface area (Å²) in [6, 6.07) is 18.6. The van der Waals surface area contributed by atoms with E-state index in [9.17, 15) is 19.8 Å². The van der Waals surface area contributed by atoms with Gasteiger partial charge in [-0.05, 0) is 63.5 Å². The molecule has 0 radical (unpaired) electrons. The van der Waals surface area contributed by atoms with Crippen LogP contribution in [0.25, 0.3) is 0 Å². The highest BCUT2D eigenvalue weighted by Gasteiger charge is 2.31. The van der Waals surface area contributed by atoms with Gasteiger partial charge in [0, 0.05) is 0 Å². The van der Waals surface area contributed by atoms with E-state index >= 15 is 0 Å². The topological polar surface area (TPSA) is 102 Å². The number of carbonyl (C=O) groups excluding carboxylic acids is 2. The Bertz CT molecular complexity index is 895. The summed E-state index contributed by atoms with van der Waals surface area (Å²) in [5.41, 5.74) is -0.497. The number of para-hydroxylation sites is 2. The summed E-state index contributed by atoms with van der Waals surface area (Å²) in [7, 11) is 0. The van der Waals surface area contributed by atoms with Gasteiger partial charge in [0.1, 0.15) is 37.4 Å². The third kappa shape index (κ3) is 15.5. The van der Waals surface area contributed by atoms with E-state index < -0.39 is 17.5 Å². The van der Waals surface area contributed by atoms with Crippen molar-refractivity contribution in [3.05, 3.63) is 72.8 Å². The number of aliphatic hydroxyl groups is 2. The smallest absolute Gasteiger partial charge is 0.311 e. The number of ketones is 1. The molecule has 0 spiro atoms. The molecule has 2 aromatic rings. The maximum absolute atomic E-state index is 12.1. The number of esters is 1. The van der Waals surface area contributed by atoms with E-state index in [2.05, 4.69) is 6.58 Å². The standard InChI is InChI=1S/C18H24O5.C10H14O2.C2H6/c1-13(14(2)19)10-18(3,4)17(21)23-12-15(20)11-22-16-8-6-5-7-9-16;1-2-9(11)8-12-10-6-4-3-5-7-10;1-2/h5-9,15,20H,1,10-12H2,2-4H3;3-7,9,11H,2,8H2,1H3;1-2H3. The van der Waals surface area contributed by atoms with Gasteiger partial charge in [0.15, 0.2) is 5.78 Å². The highest BCUT2D eigenvalue weighted by Crippen LogP contribution is 2.26. The Morgan fingerprint density at radius 2 is 1.27 bits per heavy atom. The highest BCUT2D eigenvalue weighted by atomic mass is 16.5. The quantitative estimate of drug-likeness (QED) is 0.272. The van der Waals surface area contributed by atoms with Crippen LogP contribution in [0.1, 0.15) is 54.4 Å². The first-order valence-corrected chi connectivity index (χ1v) is 12.6. The Kier molecular flexibility index (Phi) is 17.4. The van der Waals surface area contributed by atoms with Gasteiger partial charge in [-0.25, -0.2) is 0 Å². The van der Waals surface area contributed by atoms with Crippen molar-refractivity contribution < 1.29 is 34.0 Å². The number of benzene rings is 2. The fraction of sp³-hybridized carbons (Fsp3) is 0.467. The van der Waals surface area contributed by atoms with Gasteiger partial charge in [0.2, 0.25) is 0 Å². The minimum atomic E-state index is -0.925. The van der Waals surface area contributed by atoms with E-state index in [1.807, 2.05) is 69.3 Å². The van der Waals surface area contributed by atoms with Crippen LogP contribution >= 0.6 is 0 Å². The number of Topliss-reactive ketones (excluding diaryl/α,β-unsaturated/α-hetero) is 1. The third-order valence-electron chi connectivity index (χ3n) is 4.96. The third-order valence-corrected chi connectivity index (χ3v) is 4.96. The van der Waals surface area contributed by atoms with E-state index in [1.165, 1.54) is 6.92 Å². The van der Waals surface area contributed by atoms with Crippen LogP contribution in [0.2, 0.25) is 0 Å². The van der Waals surface area contributed by atoms with Crippen LogP contribution < -0.4 is 9.47 Å². The summed E-state index contributed by atoms with van der Waals surface area (Å²) >= 11 is 0. The Labute approximate surface area is 222 Å². The number of ether oxygens (including phenoxy) is 3. The number of carbonyl (C=O) groups is 2. The molecule has 206 valence electrons. The molecule has 0 heterocycles. The molecule has 0 aliphatic carbocycles. The zero-order valence-corrected chi connectivity index (χ0v) is 23.1. The molecule has 0 saturated carbocycles. The molecule has 7 heteroatoms. The Morgan fingerprint density at radius 3 is 1.68 bits per heavy atom. The number of rotatable bonds is 13. The van der Waals surface area contributed by atoms with Crippen molar-refractivity contribution >= 4 is 11.8 Å². The fourth-order valence-corrected chi connectivity index (χ4v) is 2.68. The van der Waals surface area contributed by atoms with Crippen molar-refractivity contribution in [2.45, 2.75) is 66.6 Å². The second-order valence-electron chi connectivity index (χ2n) is 8.78. The molecular weight excluding hydrogens is 472 g/mol. The summed E-state index contributed by atoms with van der Waals surface area (Å²) < 4.78 is 15.8. The Hall–Kier alpha value is -3.16. The normalized spacial score (nSPS) is 11.9. The minimum Gasteiger partial charge on any atom is -0.491 e. The van der Waals surface area contributed by atoms with E-state index in [0.29, 0.717) is 17.9 Å². The van der Waals surface area contributed by atoms with Gasteiger partial charge >= 0.3 is 5.97 Å². The van der Waals surface area contributed by atoms with Crippen LogP contribution in [0.5, 0.6) is 11.5 Å². The largest absolute Gasteiger partial charge is 0.491 e. The van der Waals surface area contributed by atoms with Gasteiger partial charge < -0.3 is 24.4 Å². The molecule has 0 bridgehead atoms. The molecular formula is C30H44O7. The lowest BCUT2D eigenvalue weighted by molar-refractivity contribution is -0.157. The van der Waals surface area contributed by atoms with Crippen molar-refractivity contribution in [1.82, 2.24) is 0 Å². The molecule has 2 N–H and O–H groups in total. The van der Waals surface area contributed by atoms with Gasteiger partial charge in [-0.2, -0.15) is 0 Å². The van der Waals surface area contributed by atoms with Gasteiger partial charge in [0.25, 0.3) is 0 Å². The van der Waals surface area contributed by atoms with E-state index in [1.54, 1.807) is 26.0 Å². The first-order chi connectivity index (χ1) is 17.5. The first-order valence-electron chi connectivity index (χ1n) is 12.6.